The van der Waals surface area contributed by atoms with Gasteiger partial charge in [0.1, 0.15) is 5.58 Å². The second-order valence-corrected chi connectivity index (χ2v) is 4.81. The largest absolute Gasteiger partial charge is 0.437 e. The summed E-state index contributed by atoms with van der Waals surface area (Å²) in [6.45, 7) is 2.08. The van der Waals surface area contributed by atoms with E-state index in [0.717, 1.165) is 27.6 Å². The van der Waals surface area contributed by atoms with Crippen LogP contribution in [0, 0.1) is 6.92 Å². The Balaban J connectivity index is 2.14. The Morgan fingerprint density at radius 1 is 0.900 bits per heavy atom. The van der Waals surface area contributed by atoms with Crippen LogP contribution in [0.25, 0.3) is 33.3 Å². The van der Waals surface area contributed by atoms with Gasteiger partial charge in [0, 0.05) is 23.3 Å². The maximum atomic E-state index is 5.97. The fraction of sp³-hybridized carbons (Fsp3) is 0.0588. The predicted molar refractivity (Wildman–Crippen MR) is 79.5 cm³/mol. The van der Waals surface area contributed by atoms with Crippen LogP contribution >= 0.6 is 0 Å². The molecule has 0 saturated heterocycles. The number of para-hydroxylation sites is 1. The molecule has 3 heterocycles. The first kappa shape index (κ1) is 11.2. The van der Waals surface area contributed by atoms with Gasteiger partial charge in [-0.05, 0) is 36.8 Å². The molecule has 0 bridgehead atoms. The number of nitrogens with zero attached hydrogens (tertiary/aromatic N) is 2. The van der Waals surface area contributed by atoms with Gasteiger partial charge in [-0.25, -0.2) is 4.98 Å². The standard InChI is InChI=1S/C17H12N2O/c1-11-8-10-19-17-15(11)13-6-4-5-12(16(13)20-17)14-7-2-3-9-18-14/h2-10H,1H3. The molecule has 3 aromatic heterocycles. The van der Waals surface area contributed by atoms with Gasteiger partial charge in [0.05, 0.1) is 11.1 Å². The summed E-state index contributed by atoms with van der Waals surface area (Å²) in [4.78, 5) is 8.74. The summed E-state index contributed by atoms with van der Waals surface area (Å²) in [7, 11) is 0. The molecule has 0 aliphatic heterocycles. The molecule has 96 valence electrons. The third kappa shape index (κ3) is 1.53. The predicted octanol–water partition coefficient (Wildman–Crippen LogP) is 4.35. The molecular weight excluding hydrogens is 248 g/mol. The number of fused-ring (bicyclic) bond motifs is 3. The molecule has 0 aliphatic rings. The van der Waals surface area contributed by atoms with Crippen molar-refractivity contribution in [3.8, 4) is 11.3 Å². The first-order valence-electron chi connectivity index (χ1n) is 6.53. The quantitative estimate of drug-likeness (QED) is 0.510. The highest BCUT2D eigenvalue weighted by Crippen LogP contribution is 2.35. The molecule has 0 radical (unpaired) electrons. The zero-order chi connectivity index (χ0) is 13.5. The Kier molecular flexibility index (Phi) is 2.33. The SMILES string of the molecule is Cc1ccnc2oc3c(-c4ccccn4)cccc3c12. The fourth-order valence-corrected chi connectivity index (χ4v) is 2.60. The zero-order valence-electron chi connectivity index (χ0n) is 11.0. The van der Waals surface area contributed by atoms with Gasteiger partial charge in [-0.15, -0.1) is 0 Å². The summed E-state index contributed by atoms with van der Waals surface area (Å²) >= 11 is 0. The van der Waals surface area contributed by atoms with Crippen LogP contribution in [0.5, 0.6) is 0 Å². The Hall–Kier alpha value is -2.68. The summed E-state index contributed by atoms with van der Waals surface area (Å²) in [6, 6.07) is 14.0. The second-order valence-electron chi connectivity index (χ2n) is 4.81. The van der Waals surface area contributed by atoms with Gasteiger partial charge in [0.15, 0.2) is 0 Å². The number of pyridine rings is 2. The maximum Gasteiger partial charge on any atom is 0.227 e. The third-order valence-corrected chi connectivity index (χ3v) is 3.55. The van der Waals surface area contributed by atoms with Crippen molar-refractivity contribution in [2.45, 2.75) is 6.92 Å². The highest BCUT2D eigenvalue weighted by atomic mass is 16.3. The Morgan fingerprint density at radius 2 is 1.85 bits per heavy atom. The van der Waals surface area contributed by atoms with Crippen LogP contribution in [0.3, 0.4) is 0 Å². The highest BCUT2D eigenvalue weighted by Gasteiger charge is 2.14. The third-order valence-electron chi connectivity index (χ3n) is 3.55. The van der Waals surface area contributed by atoms with E-state index in [9.17, 15) is 0 Å². The summed E-state index contributed by atoms with van der Waals surface area (Å²) in [5, 5.41) is 2.18. The van der Waals surface area contributed by atoms with E-state index in [2.05, 4.69) is 23.0 Å². The number of hydrogen-bond acceptors (Lipinski definition) is 3. The summed E-state index contributed by atoms with van der Waals surface area (Å²) in [6.07, 6.45) is 3.57. The van der Waals surface area contributed by atoms with Crippen molar-refractivity contribution >= 4 is 22.1 Å². The lowest BCUT2D eigenvalue weighted by molar-refractivity contribution is 0.654. The molecule has 3 nitrogen and oxygen atoms in total. The molecule has 0 amide bonds. The van der Waals surface area contributed by atoms with Gasteiger partial charge in [0.2, 0.25) is 5.71 Å². The van der Waals surface area contributed by atoms with Crippen LogP contribution in [0.4, 0.5) is 0 Å². The van der Waals surface area contributed by atoms with Gasteiger partial charge < -0.3 is 4.42 Å². The lowest BCUT2D eigenvalue weighted by atomic mass is 10.1. The highest BCUT2D eigenvalue weighted by molar-refractivity contribution is 6.09. The van der Waals surface area contributed by atoms with Gasteiger partial charge in [-0.1, -0.05) is 18.2 Å². The van der Waals surface area contributed by atoms with E-state index >= 15 is 0 Å². The number of rotatable bonds is 1. The van der Waals surface area contributed by atoms with Crippen molar-refractivity contribution in [1.82, 2.24) is 9.97 Å². The second kappa shape index (κ2) is 4.17. The molecular formula is C17H12N2O. The summed E-state index contributed by atoms with van der Waals surface area (Å²) in [5.41, 5.74) is 4.62. The van der Waals surface area contributed by atoms with E-state index in [1.54, 1.807) is 12.4 Å². The molecule has 0 atom stereocenters. The minimum absolute atomic E-state index is 0.684. The summed E-state index contributed by atoms with van der Waals surface area (Å²) < 4.78 is 5.97. The number of benzene rings is 1. The topological polar surface area (TPSA) is 38.9 Å². The molecule has 3 heteroatoms. The Morgan fingerprint density at radius 3 is 2.70 bits per heavy atom. The van der Waals surface area contributed by atoms with E-state index in [1.165, 1.54) is 5.56 Å². The van der Waals surface area contributed by atoms with Crippen LogP contribution in [-0.4, -0.2) is 9.97 Å². The van der Waals surface area contributed by atoms with Crippen molar-refractivity contribution < 1.29 is 4.42 Å². The normalized spacial score (nSPS) is 11.2. The first-order chi connectivity index (χ1) is 9.84. The Labute approximate surface area is 115 Å². The Bertz CT molecular complexity index is 910. The monoisotopic (exact) mass is 260 g/mol. The van der Waals surface area contributed by atoms with Crippen LogP contribution in [0.15, 0.2) is 59.3 Å². The lowest BCUT2D eigenvalue weighted by Gasteiger charge is -2.00. The lowest BCUT2D eigenvalue weighted by Crippen LogP contribution is -1.82. The molecule has 0 aliphatic carbocycles. The van der Waals surface area contributed by atoms with Gasteiger partial charge in [-0.3, -0.25) is 4.98 Å². The van der Waals surface area contributed by atoms with Crippen molar-refractivity contribution in [3.63, 3.8) is 0 Å². The average Bonchev–Trinajstić information content (AvgIpc) is 2.88. The average molecular weight is 260 g/mol. The number of aromatic nitrogens is 2. The molecule has 0 saturated carbocycles. The van der Waals surface area contributed by atoms with E-state index in [1.807, 2.05) is 36.4 Å². The van der Waals surface area contributed by atoms with Crippen molar-refractivity contribution in [3.05, 3.63) is 60.4 Å². The van der Waals surface area contributed by atoms with E-state index in [-0.39, 0.29) is 0 Å². The van der Waals surface area contributed by atoms with E-state index in [4.69, 9.17) is 4.42 Å². The number of hydrogen-bond donors (Lipinski definition) is 0. The molecule has 0 N–H and O–H groups in total. The first-order valence-corrected chi connectivity index (χ1v) is 6.53. The number of aryl methyl sites for hydroxylation is 1. The minimum Gasteiger partial charge on any atom is -0.437 e. The van der Waals surface area contributed by atoms with Crippen LogP contribution in [0.2, 0.25) is 0 Å². The van der Waals surface area contributed by atoms with Gasteiger partial charge >= 0.3 is 0 Å². The summed E-state index contributed by atoms with van der Waals surface area (Å²) in [5.74, 6) is 0. The molecule has 1 aromatic carbocycles. The molecule has 4 aromatic rings. The molecule has 0 unspecified atom stereocenters. The molecule has 20 heavy (non-hydrogen) atoms. The van der Waals surface area contributed by atoms with Crippen molar-refractivity contribution in [2.75, 3.05) is 0 Å². The van der Waals surface area contributed by atoms with Gasteiger partial charge in [0.25, 0.3) is 0 Å². The zero-order valence-corrected chi connectivity index (χ0v) is 11.0. The van der Waals surface area contributed by atoms with Crippen molar-refractivity contribution in [1.29, 1.82) is 0 Å². The van der Waals surface area contributed by atoms with E-state index < -0.39 is 0 Å². The van der Waals surface area contributed by atoms with Crippen LogP contribution in [0.1, 0.15) is 5.56 Å². The van der Waals surface area contributed by atoms with E-state index in [0.29, 0.717) is 5.71 Å². The number of furan rings is 1. The van der Waals surface area contributed by atoms with Gasteiger partial charge in [-0.2, -0.15) is 0 Å². The smallest absolute Gasteiger partial charge is 0.227 e. The van der Waals surface area contributed by atoms with Crippen LogP contribution in [-0.2, 0) is 0 Å². The molecule has 4 rings (SSSR count). The minimum atomic E-state index is 0.684. The molecule has 0 fully saturated rings. The van der Waals surface area contributed by atoms with Crippen LogP contribution < -0.4 is 0 Å². The maximum absolute atomic E-state index is 5.97. The van der Waals surface area contributed by atoms with Crippen molar-refractivity contribution in [2.24, 2.45) is 0 Å². The fourth-order valence-electron chi connectivity index (χ4n) is 2.60. The molecule has 0 spiro atoms.